The van der Waals surface area contributed by atoms with Crippen LogP contribution in [0.1, 0.15) is 5.56 Å². The second-order valence-electron chi connectivity index (χ2n) is 3.95. The average Bonchev–Trinajstić information content (AvgIpc) is 2.39. The van der Waals surface area contributed by atoms with Crippen LogP contribution in [0.5, 0.6) is 11.5 Å². The van der Waals surface area contributed by atoms with Gasteiger partial charge in [0.1, 0.15) is 18.1 Å². The minimum absolute atomic E-state index is 0.588. The molecule has 2 aromatic rings. The highest BCUT2D eigenvalue weighted by Gasteiger charge is 1.96. The highest BCUT2D eigenvalue weighted by Crippen LogP contribution is 2.14. The molecule has 0 bridgehead atoms. The van der Waals surface area contributed by atoms with Crippen LogP contribution in [0.4, 0.5) is 0 Å². The molecule has 17 heavy (non-hydrogen) atoms. The first-order valence-electron chi connectivity index (χ1n) is 5.60. The van der Waals surface area contributed by atoms with E-state index < -0.39 is 0 Å². The first-order valence-corrected chi connectivity index (χ1v) is 6.60. The van der Waals surface area contributed by atoms with Crippen molar-refractivity contribution in [3.8, 4) is 11.5 Å². The summed E-state index contributed by atoms with van der Waals surface area (Å²) in [5.41, 5.74) is 1.14. The Morgan fingerprint density at radius 3 is 2.06 bits per heavy atom. The number of hydrogen-bond donors (Lipinski definition) is 0. The SMILES string of the molecule is COc1ccc(COc2ccc([SiH3])cc2)cc1. The largest absolute Gasteiger partial charge is 0.497 e. The monoisotopic (exact) mass is 244 g/mol. The van der Waals surface area contributed by atoms with Gasteiger partial charge >= 0.3 is 0 Å². The van der Waals surface area contributed by atoms with Crippen molar-refractivity contribution >= 4 is 15.4 Å². The lowest BCUT2D eigenvalue weighted by Crippen LogP contribution is -2.01. The van der Waals surface area contributed by atoms with Crippen molar-refractivity contribution in [3.05, 3.63) is 54.1 Å². The van der Waals surface area contributed by atoms with E-state index in [2.05, 4.69) is 12.1 Å². The maximum atomic E-state index is 5.70. The Balaban J connectivity index is 1.95. The second-order valence-corrected chi connectivity index (χ2v) is 5.10. The van der Waals surface area contributed by atoms with Crippen molar-refractivity contribution in [3.63, 3.8) is 0 Å². The lowest BCUT2D eigenvalue weighted by atomic mass is 10.2. The summed E-state index contributed by atoms with van der Waals surface area (Å²) in [6.07, 6.45) is 0. The summed E-state index contributed by atoms with van der Waals surface area (Å²) in [5, 5.41) is 1.38. The van der Waals surface area contributed by atoms with Crippen LogP contribution in [0.25, 0.3) is 0 Å². The molecule has 0 unspecified atom stereocenters. The van der Waals surface area contributed by atoms with E-state index in [0.29, 0.717) is 6.61 Å². The van der Waals surface area contributed by atoms with Gasteiger partial charge in [0.15, 0.2) is 0 Å². The Hall–Kier alpha value is -1.74. The Bertz CT molecular complexity index is 463. The molecule has 0 spiro atoms. The zero-order chi connectivity index (χ0) is 12.1. The summed E-state index contributed by atoms with van der Waals surface area (Å²) in [7, 11) is 2.75. The fourth-order valence-electron chi connectivity index (χ4n) is 1.52. The van der Waals surface area contributed by atoms with Crippen LogP contribution in [-0.4, -0.2) is 17.4 Å². The third kappa shape index (κ3) is 3.36. The van der Waals surface area contributed by atoms with Gasteiger partial charge in [-0.1, -0.05) is 29.5 Å². The van der Waals surface area contributed by atoms with E-state index in [0.717, 1.165) is 27.3 Å². The molecule has 0 atom stereocenters. The summed E-state index contributed by atoms with van der Waals surface area (Å²) < 4.78 is 10.8. The average molecular weight is 244 g/mol. The summed E-state index contributed by atoms with van der Waals surface area (Å²) in [4.78, 5) is 0. The first kappa shape index (κ1) is 11.7. The fourth-order valence-corrected chi connectivity index (χ4v) is 1.86. The smallest absolute Gasteiger partial charge is 0.119 e. The highest BCUT2D eigenvalue weighted by atomic mass is 28.1. The molecule has 2 rings (SSSR count). The van der Waals surface area contributed by atoms with Crippen LogP contribution in [0.15, 0.2) is 48.5 Å². The van der Waals surface area contributed by atoms with Crippen molar-refractivity contribution in [1.82, 2.24) is 0 Å². The fraction of sp³-hybridized carbons (Fsp3) is 0.143. The third-order valence-corrected chi connectivity index (χ3v) is 3.25. The molecule has 2 aromatic carbocycles. The van der Waals surface area contributed by atoms with Gasteiger partial charge in [-0.2, -0.15) is 0 Å². The number of rotatable bonds is 4. The van der Waals surface area contributed by atoms with Gasteiger partial charge in [0.05, 0.1) is 7.11 Å². The normalized spacial score (nSPS) is 10.2. The van der Waals surface area contributed by atoms with Crippen LogP contribution >= 0.6 is 0 Å². The van der Waals surface area contributed by atoms with E-state index in [1.807, 2.05) is 36.4 Å². The standard InChI is InChI=1S/C14H16O2Si/c1-15-12-4-2-11(3-5-12)10-16-13-6-8-14(17)9-7-13/h2-9H,10H2,1,17H3. The van der Waals surface area contributed by atoms with E-state index in [1.165, 1.54) is 5.19 Å². The van der Waals surface area contributed by atoms with E-state index >= 15 is 0 Å². The third-order valence-electron chi connectivity index (χ3n) is 2.59. The minimum Gasteiger partial charge on any atom is -0.497 e. The molecule has 88 valence electrons. The van der Waals surface area contributed by atoms with Crippen LogP contribution in [0.3, 0.4) is 0 Å². The molecule has 0 saturated carbocycles. The number of ether oxygens (including phenoxy) is 2. The molecular weight excluding hydrogens is 228 g/mol. The highest BCUT2D eigenvalue weighted by molar-refractivity contribution is 6.32. The van der Waals surface area contributed by atoms with Gasteiger partial charge < -0.3 is 9.47 Å². The van der Waals surface area contributed by atoms with Gasteiger partial charge in [0, 0.05) is 10.2 Å². The summed E-state index contributed by atoms with van der Waals surface area (Å²) in [5.74, 6) is 1.79. The quantitative estimate of drug-likeness (QED) is 0.754. The van der Waals surface area contributed by atoms with Crippen LogP contribution in [0, 0.1) is 0 Å². The number of methoxy groups -OCH3 is 1. The predicted molar refractivity (Wildman–Crippen MR) is 73.3 cm³/mol. The van der Waals surface area contributed by atoms with Crippen molar-refractivity contribution in [2.75, 3.05) is 7.11 Å². The molecule has 0 fully saturated rings. The lowest BCUT2D eigenvalue weighted by molar-refractivity contribution is 0.306. The lowest BCUT2D eigenvalue weighted by Gasteiger charge is -2.07. The van der Waals surface area contributed by atoms with E-state index in [-0.39, 0.29) is 0 Å². The van der Waals surface area contributed by atoms with Crippen molar-refractivity contribution in [2.24, 2.45) is 0 Å². The molecule has 0 amide bonds. The van der Waals surface area contributed by atoms with E-state index in [1.54, 1.807) is 7.11 Å². The van der Waals surface area contributed by atoms with Gasteiger partial charge in [-0.05, 0) is 29.8 Å². The molecular formula is C14H16O2Si. The van der Waals surface area contributed by atoms with Gasteiger partial charge in [0.25, 0.3) is 0 Å². The molecule has 3 heteroatoms. The van der Waals surface area contributed by atoms with Gasteiger partial charge in [-0.15, -0.1) is 0 Å². The minimum atomic E-state index is 0.588. The van der Waals surface area contributed by atoms with Crippen LogP contribution in [0.2, 0.25) is 0 Å². The van der Waals surface area contributed by atoms with E-state index in [9.17, 15) is 0 Å². The second kappa shape index (κ2) is 5.55. The Kier molecular flexibility index (Phi) is 3.83. The van der Waals surface area contributed by atoms with Crippen molar-refractivity contribution in [1.29, 1.82) is 0 Å². The molecule has 0 saturated heterocycles. The molecule has 0 aliphatic carbocycles. The predicted octanol–water partition coefficient (Wildman–Crippen LogP) is 1.26. The molecule has 0 aliphatic rings. The van der Waals surface area contributed by atoms with Crippen LogP contribution in [-0.2, 0) is 6.61 Å². The zero-order valence-electron chi connectivity index (χ0n) is 10.1. The molecule has 0 radical (unpaired) electrons. The topological polar surface area (TPSA) is 18.5 Å². The Morgan fingerprint density at radius 1 is 0.882 bits per heavy atom. The maximum Gasteiger partial charge on any atom is 0.119 e. The van der Waals surface area contributed by atoms with Gasteiger partial charge in [-0.25, -0.2) is 0 Å². The summed E-state index contributed by atoms with van der Waals surface area (Å²) >= 11 is 0. The Labute approximate surface area is 105 Å². The number of hydrogen-bond acceptors (Lipinski definition) is 2. The maximum absolute atomic E-state index is 5.70. The summed E-state index contributed by atoms with van der Waals surface area (Å²) in [6.45, 7) is 0.588. The van der Waals surface area contributed by atoms with Crippen LogP contribution < -0.4 is 14.7 Å². The van der Waals surface area contributed by atoms with Gasteiger partial charge in [-0.3, -0.25) is 0 Å². The van der Waals surface area contributed by atoms with Gasteiger partial charge in [0.2, 0.25) is 0 Å². The zero-order valence-corrected chi connectivity index (χ0v) is 12.1. The Morgan fingerprint density at radius 2 is 1.47 bits per heavy atom. The van der Waals surface area contributed by atoms with E-state index in [4.69, 9.17) is 9.47 Å². The van der Waals surface area contributed by atoms with Crippen molar-refractivity contribution in [2.45, 2.75) is 6.61 Å². The summed E-state index contributed by atoms with van der Waals surface area (Å²) in [6, 6.07) is 16.2. The molecule has 0 aliphatic heterocycles. The molecule has 0 N–H and O–H groups in total. The molecule has 2 nitrogen and oxygen atoms in total. The van der Waals surface area contributed by atoms with Crippen molar-refractivity contribution < 1.29 is 9.47 Å². The first-order chi connectivity index (χ1) is 8.28. The molecule has 0 heterocycles. The molecule has 0 aromatic heterocycles. The number of benzene rings is 2.